The topological polar surface area (TPSA) is 65.0 Å². The highest BCUT2D eigenvalue weighted by molar-refractivity contribution is 6.21. The minimum atomic E-state index is 0.660. The van der Waals surface area contributed by atoms with E-state index in [0.717, 1.165) is 116 Å². The van der Waals surface area contributed by atoms with E-state index in [2.05, 4.69) is 133 Å². The molecular formula is C55H33N3O2. The first kappa shape index (κ1) is 33.9. The molecule has 4 heterocycles. The largest absolute Gasteiger partial charge is 0.456 e. The molecule has 0 amide bonds. The lowest BCUT2D eigenvalue weighted by atomic mass is 9.96. The van der Waals surface area contributed by atoms with Gasteiger partial charge in [-0.15, -0.1) is 0 Å². The number of hydrogen-bond acceptors (Lipinski definition) is 5. The maximum atomic E-state index is 6.62. The molecule has 0 bridgehead atoms. The summed E-state index contributed by atoms with van der Waals surface area (Å²) in [5.41, 5.74) is 15.3. The lowest BCUT2D eigenvalue weighted by Gasteiger charge is -2.11. The number of nitrogens with zero attached hydrogens (tertiary/aromatic N) is 3. The van der Waals surface area contributed by atoms with E-state index in [4.69, 9.17) is 23.8 Å². The molecule has 0 saturated heterocycles. The van der Waals surface area contributed by atoms with E-state index in [9.17, 15) is 0 Å². The van der Waals surface area contributed by atoms with Gasteiger partial charge in [-0.1, -0.05) is 170 Å². The molecule has 0 aliphatic heterocycles. The van der Waals surface area contributed by atoms with Gasteiger partial charge >= 0.3 is 0 Å². The highest BCUT2D eigenvalue weighted by atomic mass is 16.3. The predicted octanol–water partition coefficient (Wildman–Crippen LogP) is 14.8. The number of furan rings is 2. The van der Waals surface area contributed by atoms with Gasteiger partial charge in [0, 0.05) is 49.2 Å². The van der Waals surface area contributed by atoms with Gasteiger partial charge in [-0.25, -0.2) is 15.0 Å². The first-order chi connectivity index (χ1) is 29.7. The number of pyridine rings is 1. The Bertz CT molecular complexity index is 3510. The van der Waals surface area contributed by atoms with Crippen molar-refractivity contribution in [1.82, 2.24) is 15.0 Å². The predicted molar refractivity (Wildman–Crippen MR) is 245 cm³/mol. The smallest absolute Gasteiger partial charge is 0.162 e. The van der Waals surface area contributed by atoms with Crippen molar-refractivity contribution in [1.29, 1.82) is 0 Å². The maximum absolute atomic E-state index is 6.62. The van der Waals surface area contributed by atoms with Gasteiger partial charge < -0.3 is 8.83 Å². The van der Waals surface area contributed by atoms with Gasteiger partial charge in [0.25, 0.3) is 0 Å². The molecule has 0 N–H and O–H groups in total. The third-order valence-electron chi connectivity index (χ3n) is 11.5. The molecule has 0 unspecified atom stereocenters. The molecule has 0 aliphatic carbocycles. The fourth-order valence-electron chi connectivity index (χ4n) is 8.59. The van der Waals surface area contributed by atoms with E-state index in [0.29, 0.717) is 5.82 Å². The van der Waals surface area contributed by atoms with Crippen LogP contribution >= 0.6 is 0 Å². The maximum Gasteiger partial charge on any atom is 0.162 e. The fourth-order valence-corrected chi connectivity index (χ4v) is 8.59. The molecular weight excluding hydrogens is 735 g/mol. The Kier molecular flexibility index (Phi) is 7.78. The molecule has 0 fully saturated rings. The van der Waals surface area contributed by atoms with Crippen LogP contribution in [0.4, 0.5) is 0 Å². The molecule has 0 spiro atoms. The zero-order valence-electron chi connectivity index (χ0n) is 32.2. The standard InChI is InChI=1S/C55H33N3O2/c1-3-12-36(13-4-1)45-33-46(37-14-5-2-6-15-37)58-55(57-45)39-28-26-38(27-29-39)53-54-52(44-17-8-10-20-49(44)60-54)42-31-30-40(32-47(42)56-53)34-22-24-35(25-23-34)41-18-11-21-50-51(41)43-16-7-9-19-48(43)59-50/h1-33H. The van der Waals surface area contributed by atoms with Crippen molar-refractivity contribution in [2.45, 2.75) is 0 Å². The fraction of sp³-hybridized carbons (Fsp3) is 0. The van der Waals surface area contributed by atoms with Crippen LogP contribution in [0.5, 0.6) is 0 Å². The molecule has 5 nitrogen and oxygen atoms in total. The molecule has 12 rings (SSSR count). The van der Waals surface area contributed by atoms with Gasteiger partial charge in [0.1, 0.15) is 22.4 Å². The van der Waals surface area contributed by atoms with Crippen molar-refractivity contribution < 1.29 is 8.83 Å². The zero-order chi connectivity index (χ0) is 39.6. The number of rotatable bonds is 6. The monoisotopic (exact) mass is 767 g/mol. The Morgan fingerprint density at radius 2 is 0.867 bits per heavy atom. The van der Waals surface area contributed by atoms with E-state index >= 15 is 0 Å². The Morgan fingerprint density at radius 1 is 0.317 bits per heavy atom. The molecule has 0 aliphatic rings. The summed E-state index contributed by atoms with van der Waals surface area (Å²) in [6, 6.07) is 69.0. The summed E-state index contributed by atoms with van der Waals surface area (Å²) in [6.07, 6.45) is 0. The van der Waals surface area contributed by atoms with Crippen LogP contribution in [0, 0.1) is 0 Å². The van der Waals surface area contributed by atoms with Crippen molar-refractivity contribution in [2.24, 2.45) is 0 Å². The Hall–Kier alpha value is -8.15. The van der Waals surface area contributed by atoms with E-state index in [1.807, 2.05) is 66.7 Å². The number of aromatic nitrogens is 3. The number of para-hydroxylation sites is 2. The summed E-state index contributed by atoms with van der Waals surface area (Å²) in [5, 5.41) is 5.43. The third kappa shape index (κ3) is 5.67. The summed E-state index contributed by atoms with van der Waals surface area (Å²) in [7, 11) is 0. The second-order valence-electron chi connectivity index (χ2n) is 15.1. The van der Waals surface area contributed by atoms with E-state index in [1.165, 1.54) is 0 Å². The molecule has 0 saturated carbocycles. The van der Waals surface area contributed by atoms with Gasteiger partial charge in [0.2, 0.25) is 0 Å². The van der Waals surface area contributed by atoms with Crippen LogP contribution in [-0.4, -0.2) is 15.0 Å². The van der Waals surface area contributed by atoms with Gasteiger partial charge in [0.15, 0.2) is 11.4 Å². The van der Waals surface area contributed by atoms with Crippen LogP contribution in [0.2, 0.25) is 0 Å². The van der Waals surface area contributed by atoms with Gasteiger partial charge in [-0.2, -0.15) is 0 Å². The molecule has 60 heavy (non-hydrogen) atoms. The quantitative estimate of drug-likeness (QED) is 0.169. The Balaban J connectivity index is 0.955. The highest BCUT2D eigenvalue weighted by Crippen LogP contribution is 2.42. The molecule has 280 valence electrons. The molecule has 5 heteroatoms. The Morgan fingerprint density at radius 3 is 1.57 bits per heavy atom. The van der Waals surface area contributed by atoms with E-state index < -0.39 is 0 Å². The first-order valence-corrected chi connectivity index (χ1v) is 20.1. The van der Waals surface area contributed by atoms with Crippen LogP contribution in [-0.2, 0) is 0 Å². The lowest BCUT2D eigenvalue weighted by Crippen LogP contribution is -1.96. The summed E-state index contributed by atoms with van der Waals surface area (Å²) < 4.78 is 12.8. The van der Waals surface area contributed by atoms with Gasteiger partial charge in [-0.3, -0.25) is 0 Å². The van der Waals surface area contributed by atoms with Crippen molar-refractivity contribution >= 4 is 54.8 Å². The minimum absolute atomic E-state index is 0.660. The van der Waals surface area contributed by atoms with E-state index in [1.54, 1.807) is 0 Å². The van der Waals surface area contributed by atoms with Gasteiger partial charge in [0.05, 0.1) is 16.9 Å². The molecule has 0 radical (unpaired) electrons. The number of fused-ring (bicyclic) bond motifs is 8. The van der Waals surface area contributed by atoms with Crippen LogP contribution < -0.4 is 0 Å². The summed E-state index contributed by atoms with van der Waals surface area (Å²) in [6.45, 7) is 0. The summed E-state index contributed by atoms with van der Waals surface area (Å²) in [5.74, 6) is 0.660. The average Bonchev–Trinajstić information content (AvgIpc) is 3.91. The van der Waals surface area contributed by atoms with Crippen LogP contribution in [0.3, 0.4) is 0 Å². The minimum Gasteiger partial charge on any atom is -0.456 e. The lowest BCUT2D eigenvalue weighted by molar-refractivity contribution is 0.668. The van der Waals surface area contributed by atoms with Crippen molar-refractivity contribution in [2.75, 3.05) is 0 Å². The van der Waals surface area contributed by atoms with Crippen molar-refractivity contribution in [3.05, 3.63) is 200 Å². The highest BCUT2D eigenvalue weighted by Gasteiger charge is 2.19. The molecule has 4 aromatic heterocycles. The second kappa shape index (κ2) is 13.8. The molecule has 0 atom stereocenters. The third-order valence-corrected chi connectivity index (χ3v) is 11.5. The van der Waals surface area contributed by atoms with Crippen LogP contribution in [0.1, 0.15) is 0 Å². The molecule has 12 aromatic rings. The summed E-state index contributed by atoms with van der Waals surface area (Å²) >= 11 is 0. The first-order valence-electron chi connectivity index (χ1n) is 20.1. The van der Waals surface area contributed by atoms with Crippen molar-refractivity contribution in [3.8, 4) is 67.4 Å². The normalized spacial score (nSPS) is 11.7. The van der Waals surface area contributed by atoms with E-state index in [-0.39, 0.29) is 0 Å². The molecule has 8 aromatic carbocycles. The second-order valence-corrected chi connectivity index (χ2v) is 15.1. The number of hydrogen-bond donors (Lipinski definition) is 0. The van der Waals surface area contributed by atoms with Gasteiger partial charge in [-0.05, 0) is 52.6 Å². The average molecular weight is 768 g/mol. The number of benzene rings is 8. The SMILES string of the molecule is c1ccc(-c2cc(-c3ccccc3)nc(-c3ccc(-c4nc5cc(-c6ccc(-c7cccc8oc9ccccc9c78)cc6)ccc5c5c4oc4ccccc45)cc3)n2)cc1. The van der Waals surface area contributed by atoms with Crippen LogP contribution in [0.25, 0.3) is 122 Å². The van der Waals surface area contributed by atoms with Crippen LogP contribution in [0.15, 0.2) is 209 Å². The zero-order valence-corrected chi connectivity index (χ0v) is 32.2. The van der Waals surface area contributed by atoms with Crippen molar-refractivity contribution in [3.63, 3.8) is 0 Å². The summed E-state index contributed by atoms with van der Waals surface area (Å²) in [4.78, 5) is 15.5. The Labute approximate surface area is 344 Å².